The summed E-state index contributed by atoms with van der Waals surface area (Å²) in [5, 5.41) is -0.567. The zero-order valence-electron chi connectivity index (χ0n) is 9.35. The molecule has 2 unspecified atom stereocenters. The predicted octanol–water partition coefficient (Wildman–Crippen LogP) is 0.746. The van der Waals surface area contributed by atoms with Gasteiger partial charge in [-0.15, -0.1) is 0 Å². The van der Waals surface area contributed by atoms with Gasteiger partial charge in [-0.3, -0.25) is 9.00 Å². The van der Waals surface area contributed by atoms with E-state index < -0.39 is 21.9 Å². The molecule has 0 saturated carbocycles. The van der Waals surface area contributed by atoms with E-state index in [1.807, 2.05) is 0 Å². The highest BCUT2D eigenvalue weighted by atomic mass is 32.2. The molecule has 0 radical (unpaired) electrons. The van der Waals surface area contributed by atoms with Crippen molar-refractivity contribution in [3.8, 4) is 0 Å². The lowest BCUT2D eigenvalue weighted by atomic mass is 10.3. The van der Waals surface area contributed by atoms with Gasteiger partial charge in [0.2, 0.25) is 5.91 Å². The van der Waals surface area contributed by atoms with E-state index in [4.69, 9.17) is 5.73 Å². The average molecular weight is 256 g/mol. The molecule has 0 aliphatic carbocycles. The highest BCUT2D eigenvalue weighted by Gasteiger charge is 2.34. The van der Waals surface area contributed by atoms with Gasteiger partial charge in [-0.05, 0) is 24.6 Å². The van der Waals surface area contributed by atoms with Crippen LogP contribution < -0.4 is 5.73 Å². The SMILES string of the molecule is CN1CCC(S(=O)c2ccc(N)c(F)c2)C1=O. The van der Waals surface area contributed by atoms with Crippen molar-refractivity contribution >= 4 is 22.4 Å². The number of amides is 1. The van der Waals surface area contributed by atoms with E-state index in [1.54, 1.807) is 7.05 Å². The maximum absolute atomic E-state index is 13.2. The fourth-order valence-electron chi connectivity index (χ4n) is 1.79. The Kier molecular flexibility index (Phi) is 3.15. The third kappa shape index (κ3) is 2.17. The van der Waals surface area contributed by atoms with Crippen LogP contribution in [0.3, 0.4) is 0 Å². The van der Waals surface area contributed by atoms with Crippen LogP contribution in [0.2, 0.25) is 0 Å². The zero-order chi connectivity index (χ0) is 12.6. The number of benzene rings is 1. The van der Waals surface area contributed by atoms with Gasteiger partial charge < -0.3 is 10.6 Å². The summed E-state index contributed by atoms with van der Waals surface area (Å²) >= 11 is 0. The van der Waals surface area contributed by atoms with E-state index in [2.05, 4.69) is 0 Å². The molecule has 1 aromatic carbocycles. The van der Waals surface area contributed by atoms with E-state index in [-0.39, 0.29) is 11.6 Å². The van der Waals surface area contributed by atoms with Gasteiger partial charge in [0, 0.05) is 18.5 Å². The Bertz CT molecular complexity index is 492. The number of nitrogen functional groups attached to an aromatic ring is 1. The second-order valence-electron chi connectivity index (χ2n) is 4.02. The predicted molar refractivity (Wildman–Crippen MR) is 63.3 cm³/mol. The number of carbonyl (C=O) groups excluding carboxylic acids is 1. The van der Waals surface area contributed by atoms with Crippen molar-refractivity contribution in [3.05, 3.63) is 24.0 Å². The summed E-state index contributed by atoms with van der Waals surface area (Å²) in [6, 6.07) is 4.00. The summed E-state index contributed by atoms with van der Waals surface area (Å²) in [7, 11) is 0.155. The number of nitrogens with zero attached hydrogens (tertiary/aromatic N) is 1. The van der Waals surface area contributed by atoms with E-state index >= 15 is 0 Å². The Hall–Kier alpha value is -1.43. The van der Waals surface area contributed by atoms with Crippen molar-refractivity contribution in [3.63, 3.8) is 0 Å². The number of anilines is 1. The number of halogens is 1. The Morgan fingerprint density at radius 1 is 1.53 bits per heavy atom. The molecule has 1 aromatic rings. The molecule has 0 spiro atoms. The minimum absolute atomic E-state index is 0.0145. The second kappa shape index (κ2) is 4.44. The molecule has 1 aliphatic rings. The van der Waals surface area contributed by atoms with Crippen molar-refractivity contribution in [1.82, 2.24) is 4.90 Å². The smallest absolute Gasteiger partial charge is 0.238 e. The van der Waals surface area contributed by atoms with Crippen molar-refractivity contribution in [2.75, 3.05) is 19.3 Å². The monoisotopic (exact) mass is 256 g/mol. The van der Waals surface area contributed by atoms with Gasteiger partial charge in [0.05, 0.1) is 16.5 Å². The lowest BCUT2D eigenvalue weighted by Crippen LogP contribution is -2.28. The molecule has 2 N–H and O–H groups in total. The third-order valence-electron chi connectivity index (χ3n) is 2.84. The third-order valence-corrected chi connectivity index (χ3v) is 4.51. The van der Waals surface area contributed by atoms with Crippen LogP contribution >= 0.6 is 0 Å². The molecule has 1 fully saturated rings. The zero-order valence-corrected chi connectivity index (χ0v) is 10.2. The van der Waals surface area contributed by atoms with Crippen LogP contribution in [0.5, 0.6) is 0 Å². The number of rotatable bonds is 2. The number of carbonyl (C=O) groups is 1. The summed E-state index contributed by atoms with van der Waals surface area (Å²) in [6.07, 6.45) is 0.536. The fourth-order valence-corrected chi connectivity index (χ4v) is 3.22. The standard InChI is InChI=1S/C11H13FN2O2S/c1-14-5-4-10(11(14)15)17(16)7-2-3-9(13)8(12)6-7/h2-3,6,10H,4-5,13H2,1H3. The van der Waals surface area contributed by atoms with E-state index in [0.717, 1.165) is 6.07 Å². The molecular weight excluding hydrogens is 243 g/mol. The maximum Gasteiger partial charge on any atom is 0.238 e. The molecule has 1 saturated heterocycles. The molecule has 4 nitrogen and oxygen atoms in total. The summed E-state index contributed by atoms with van der Waals surface area (Å²) in [5.74, 6) is -0.754. The lowest BCUT2D eigenvalue weighted by Gasteiger charge is -2.10. The van der Waals surface area contributed by atoms with Crippen molar-refractivity contribution < 1.29 is 13.4 Å². The fraction of sp³-hybridized carbons (Fsp3) is 0.364. The largest absolute Gasteiger partial charge is 0.396 e. The summed E-state index contributed by atoms with van der Waals surface area (Å²) in [4.78, 5) is 13.5. The average Bonchev–Trinajstić information content (AvgIpc) is 2.63. The van der Waals surface area contributed by atoms with E-state index in [9.17, 15) is 13.4 Å². The minimum Gasteiger partial charge on any atom is -0.396 e. The molecule has 0 aromatic heterocycles. The molecular formula is C11H13FN2O2S. The van der Waals surface area contributed by atoms with E-state index in [0.29, 0.717) is 17.9 Å². The van der Waals surface area contributed by atoms with Crippen LogP contribution in [0.25, 0.3) is 0 Å². The topological polar surface area (TPSA) is 63.4 Å². The Morgan fingerprint density at radius 2 is 2.24 bits per heavy atom. The van der Waals surface area contributed by atoms with Gasteiger partial charge >= 0.3 is 0 Å². The molecule has 1 amide bonds. The molecule has 6 heteroatoms. The second-order valence-corrected chi connectivity index (χ2v) is 5.65. The molecule has 1 aliphatic heterocycles. The molecule has 92 valence electrons. The van der Waals surface area contributed by atoms with Crippen LogP contribution in [-0.4, -0.2) is 33.9 Å². The van der Waals surface area contributed by atoms with Crippen LogP contribution in [-0.2, 0) is 15.6 Å². The Morgan fingerprint density at radius 3 is 2.76 bits per heavy atom. The summed E-state index contributed by atoms with van der Waals surface area (Å²) < 4.78 is 25.4. The maximum atomic E-state index is 13.2. The van der Waals surface area contributed by atoms with Crippen molar-refractivity contribution in [2.24, 2.45) is 0 Å². The first-order valence-corrected chi connectivity index (χ1v) is 6.42. The van der Waals surface area contributed by atoms with Gasteiger partial charge in [-0.1, -0.05) is 0 Å². The van der Waals surface area contributed by atoms with Crippen molar-refractivity contribution in [1.29, 1.82) is 0 Å². The molecule has 2 rings (SSSR count). The Balaban J connectivity index is 2.26. The number of hydrogen-bond acceptors (Lipinski definition) is 3. The first-order valence-electron chi connectivity index (χ1n) is 5.21. The highest BCUT2D eigenvalue weighted by Crippen LogP contribution is 2.22. The molecule has 0 bridgehead atoms. The quantitative estimate of drug-likeness (QED) is 0.794. The van der Waals surface area contributed by atoms with Gasteiger partial charge in [-0.25, -0.2) is 4.39 Å². The van der Waals surface area contributed by atoms with Crippen molar-refractivity contribution in [2.45, 2.75) is 16.6 Å². The van der Waals surface area contributed by atoms with Crippen LogP contribution in [0, 0.1) is 5.82 Å². The minimum atomic E-state index is -1.51. The number of hydrogen-bond donors (Lipinski definition) is 1. The molecule has 2 atom stereocenters. The van der Waals surface area contributed by atoms with E-state index in [1.165, 1.54) is 17.0 Å². The number of nitrogens with two attached hydrogens (primary N) is 1. The first kappa shape index (κ1) is 12.0. The van der Waals surface area contributed by atoms with Crippen LogP contribution in [0.15, 0.2) is 23.1 Å². The number of likely N-dealkylation sites (tertiary alicyclic amines) is 1. The van der Waals surface area contributed by atoms with Gasteiger partial charge in [0.25, 0.3) is 0 Å². The highest BCUT2D eigenvalue weighted by molar-refractivity contribution is 7.86. The van der Waals surface area contributed by atoms with Gasteiger partial charge in [-0.2, -0.15) is 0 Å². The normalized spacial score (nSPS) is 21.9. The summed E-state index contributed by atoms with van der Waals surface area (Å²) in [6.45, 7) is 0.590. The summed E-state index contributed by atoms with van der Waals surface area (Å²) in [5.41, 5.74) is 5.36. The van der Waals surface area contributed by atoms with Crippen LogP contribution in [0.1, 0.15) is 6.42 Å². The Labute approximate surface area is 101 Å². The van der Waals surface area contributed by atoms with Gasteiger partial charge in [0.1, 0.15) is 11.1 Å². The van der Waals surface area contributed by atoms with Gasteiger partial charge in [0.15, 0.2) is 0 Å². The molecule has 1 heterocycles. The van der Waals surface area contributed by atoms with Crippen LogP contribution in [0.4, 0.5) is 10.1 Å². The lowest BCUT2D eigenvalue weighted by molar-refractivity contribution is -0.126. The first-order chi connectivity index (χ1) is 8.00. The molecule has 17 heavy (non-hydrogen) atoms.